The summed E-state index contributed by atoms with van der Waals surface area (Å²) in [6.07, 6.45) is -0.0297. The molecule has 0 fully saturated rings. The summed E-state index contributed by atoms with van der Waals surface area (Å²) in [6.45, 7) is 7.18. The molecule has 0 saturated carbocycles. The minimum absolute atomic E-state index is 0.0297. The van der Waals surface area contributed by atoms with Crippen molar-refractivity contribution in [2.24, 2.45) is 5.92 Å². The van der Waals surface area contributed by atoms with Crippen molar-refractivity contribution in [1.82, 2.24) is 14.8 Å². The van der Waals surface area contributed by atoms with Gasteiger partial charge in [0.25, 0.3) is 0 Å². The molecule has 1 unspecified atom stereocenters. The Hall–Kier alpha value is -2.19. The Bertz CT molecular complexity index is 1090. The number of nitrogens with zero attached hydrogens (tertiary/aromatic N) is 3. The molecule has 0 aliphatic rings. The summed E-state index contributed by atoms with van der Waals surface area (Å²) in [5.41, 5.74) is 2.08. The minimum atomic E-state index is -0.976. The first-order valence-electron chi connectivity index (χ1n) is 9.16. The Balaban J connectivity index is 2.00. The van der Waals surface area contributed by atoms with Gasteiger partial charge in [0.05, 0.1) is 16.4 Å². The van der Waals surface area contributed by atoms with Crippen LogP contribution in [-0.4, -0.2) is 36.4 Å². The van der Waals surface area contributed by atoms with Crippen molar-refractivity contribution < 1.29 is 14.7 Å². The fourth-order valence-electron chi connectivity index (χ4n) is 3.05. The summed E-state index contributed by atoms with van der Waals surface area (Å²) >= 11 is 4.76. The van der Waals surface area contributed by atoms with Crippen molar-refractivity contribution >= 4 is 50.2 Å². The molecule has 0 amide bonds. The molecule has 152 valence electrons. The maximum atomic E-state index is 12.7. The molecule has 3 aromatic rings. The first-order valence-corrected chi connectivity index (χ1v) is 10.8. The number of halogens is 1. The molecule has 1 heterocycles. The summed E-state index contributed by atoms with van der Waals surface area (Å²) < 4.78 is 1.56. The van der Waals surface area contributed by atoms with Crippen LogP contribution in [0.15, 0.2) is 46.3 Å². The molecule has 0 saturated heterocycles. The van der Waals surface area contributed by atoms with Crippen molar-refractivity contribution in [1.29, 1.82) is 0 Å². The lowest BCUT2D eigenvalue weighted by Gasteiger charge is -2.23. The first kappa shape index (κ1) is 21.5. The molecule has 1 aromatic heterocycles. The zero-order chi connectivity index (χ0) is 21.3. The van der Waals surface area contributed by atoms with Crippen LogP contribution in [0, 0.1) is 12.8 Å². The van der Waals surface area contributed by atoms with Crippen molar-refractivity contribution in [3.63, 3.8) is 0 Å². The van der Waals surface area contributed by atoms with Crippen LogP contribution in [0.4, 0.5) is 0 Å². The molecule has 0 spiro atoms. The van der Waals surface area contributed by atoms with Crippen LogP contribution < -0.4 is 0 Å². The highest BCUT2D eigenvalue weighted by Crippen LogP contribution is 2.37. The Morgan fingerprint density at radius 1 is 1.17 bits per heavy atom. The SMILES string of the molecule is Cc1ccc(-n2c(Br)nnc2SC(C)(C)C(=O)CC(C)C(=O)O)c2ccccc12. The highest BCUT2D eigenvalue weighted by atomic mass is 79.9. The second-order valence-corrected chi connectivity index (χ2v) is 9.81. The third kappa shape index (κ3) is 4.38. The predicted octanol–water partition coefficient (Wildman–Crippen LogP) is 5.04. The number of carboxylic acids is 1. The second-order valence-electron chi connectivity index (χ2n) is 7.51. The standard InChI is InChI=1S/C21H22BrN3O3S/c1-12-9-10-16(15-8-6-5-7-14(12)15)25-19(22)23-24-20(25)29-21(3,4)17(26)11-13(2)18(27)28/h5-10,13H,11H2,1-4H3,(H,27,28). The van der Waals surface area contributed by atoms with E-state index in [1.54, 1.807) is 20.8 Å². The molecule has 6 nitrogen and oxygen atoms in total. The first-order chi connectivity index (χ1) is 13.6. The molecule has 0 bridgehead atoms. The molecule has 3 rings (SSSR count). The van der Waals surface area contributed by atoms with Crippen LogP contribution >= 0.6 is 27.7 Å². The molecular formula is C21H22BrN3O3S. The maximum Gasteiger partial charge on any atom is 0.306 e. The van der Waals surface area contributed by atoms with E-state index in [-0.39, 0.29) is 12.2 Å². The molecular weight excluding hydrogens is 454 g/mol. The topological polar surface area (TPSA) is 85.1 Å². The van der Waals surface area contributed by atoms with E-state index in [2.05, 4.69) is 39.1 Å². The molecule has 0 radical (unpaired) electrons. The Morgan fingerprint density at radius 2 is 1.83 bits per heavy atom. The smallest absolute Gasteiger partial charge is 0.306 e. The number of aliphatic carboxylic acids is 1. The predicted molar refractivity (Wildman–Crippen MR) is 118 cm³/mol. The van der Waals surface area contributed by atoms with Gasteiger partial charge in [-0.1, -0.05) is 49.0 Å². The summed E-state index contributed by atoms with van der Waals surface area (Å²) in [6, 6.07) is 12.2. The van der Waals surface area contributed by atoms with Crippen molar-refractivity contribution in [2.75, 3.05) is 0 Å². The maximum absolute atomic E-state index is 12.7. The van der Waals surface area contributed by atoms with Crippen molar-refractivity contribution in [2.45, 2.75) is 44.0 Å². The van der Waals surface area contributed by atoms with E-state index in [9.17, 15) is 9.59 Å². The van der Waals surface area contributed by atoms with Gasteiger partial charge in [-0.3, -0.25) is 14.2 Å². The third-order valence-electron chi connectivity index (χ3n) is 4.88. The van der Waals surface area contributed by atoms with E-state index in [0.29, 0.717) is 9.89 Å². The summed E-state index contributed by atoms with van der Waals surface area (Å²) in [5, 5.41) is 20.3. The Labute approximate surface area is 181 Å². The average molecular weight is 476 g/mol. The fraction of sp³-hybridized carbons (Fsp3) is 0.333. The number of carbonyl (C=O) groups is 2. The van der Waals surface area contributed by atoms with E-state index in [0.717, 1.165) is 16.5 Å². The number of rotatable bonds is 7. The van der Waals surface area contributed by atoms with E-state index >= 15 is 0 Å². The van der Waals surface area contributed by atoms with Gasteiger partial charge in [-0.15, -0.1) is 10.2 Å². The number of benzene rings is 2. The number of hydrogen-bond acceptors (Lipinski definition) is 5. The van der Waals surface area contributed by atoms with Gasteiger partial charge in [-0.05, 0) is 53.7 Å². The number of carbonyl (C=O) groups excluding carboxylic acids is 1. The number of fused-ring (bicyclic) bond motifs is 1. The number of carboxylic acid groups (broad SMARTS) is 1. The minimum Gasteiger partial charge on any atom is -0.481 e. The number of hydrogen-bond donors (Lipinski definition) is 1. The largest absolute Gasteiger partial charge is 0.481 e. The number of thioether (sulfide) groups is 1. The molecule has 1 N–H and O–H groups in total. The lowest BCUT2D eigenvalue weighted by atomic mass is 9.97. The van der Waals surface area contributed by atoms with E-state index in [1.165, 1.54) is 17.3 Å². The van der Waals surface area contributed by atoms with Gasteiger partial charge in [-0.2, -0.15) is 0 Å². The van der Waals surface area contributed by atoms with Gasteiger partial charge in [0, 0.05) is 11.8 Å². The number of Topliss-reactive ketones (excluding diaryl/α,β-unsaturated/α-hetero) is 1. The molecule has 8 heteroatoms. The van der Waals surface area contributed by atoms with Gasteiger partial charge in [0.15, 0.2) is 5.16 Å². The highest BCUT2D eigenvalue weighted by molar-refractivity contribution is 9.10. The highest BCUT2D eigenvalue weighted by Gasteiger charge is 2.33. The molecule has 0 aliphatic heterocycles. The lowest BCUT2D eigenvalue weighted by molar-refractivity contribution is -0.143. The van der Waals surface area contributed by atoms with Gasteiger partial charge >= 0.3 is 5.97 Å². The molecule has 1 atom stereocenters. The molecule has 0 aliphatic carbocycles. The van der Waals surface area contributed by atoms with Gasteiger partial charge in [0.1, 0.15) is 5.78 Å². The normalized spacial score (nSPS) is 12.9. The van der Waals surface area contributed by atoms with E-state index in [1.807, 2.05) is 34.9 Å². The van der Waals surface area contributed by atoms with E-state index < -0.39 is 16.6 Å². The van der Waals surface area contributed by atoms with Crippen molar-refractivity contribution in [3.8, 4) is 5.69 Å². The van der Waals surface area contributed by atoms with Gasteiger partial charge in [0.2, 0.25) is 4.73 Å². The van der Waals surface area contributed by atoms with Crippen LogP contribution in [0.5, 0.6) is 0 Å². The Morgan fingerprint density at radius 3 is 2.48 bits per heavy atom. The van der Waals surface area contributed by atoms with Gasteiger partial charge < -0.3 is 5.11 Å². The summed E-state index contributed by atoms with van der Waals surface area (Å²) in [5.74, 6) is -1.85. The van der Waals surface area contributed by atoms with Crippen LogP contribution in [0.2, 0.25) is 0 Å². The zero-order valence-electron chi connectivity index (χ0n) is 16.6. The Kier molecular flexibility index (Phi) is 6.14. The lowest BCUT2D eigenvalue weighted by Crippen LogP contribution is -2.31. The average Bonchev–Trinajstić information content (AvgIpc) is 3.01. The van der Waals surface area contributed by atoms with Crippen LogP contribution in [0.1, 0.15) is 32.8 Å². The summed E-state index contributed by atoms with van der Waals surface area (Å²) in [4.78, 5) is 23.9. The van der Waals surface area contributed by atoms with Crippen LogP contribution in [0.3, 0.4) is 0 Å². The van der Waals surface area contributed by atoms with E-state index in [4.69, 9.17) is 5.11 Å². The zero-order valence-corrected chi connectivity index (χ0v) is 19.0. The van der Waals surface area contributed by atoms with Crippen LogP contribution in [-0.2, 0) is 9.59 Å². The third-order valence-corrected chi connectivity index (χ3v) is 6.58. The monoisotopic (exact) mass is 475 g/mol. The fourth-order valence-corrected chi connectivity index (χ4v) is 4.61. The van der Waals surface area contributed by atoms with Gasteiger partial charge in [-0.25, -0.2) is 0 Å². The number of aryl methyl sites for hydroxylation is 1. The summed E-state index contributed by atoms with van der Waals surface area (Å²) in [7, 11) is 0. The van der Waals surface area contributed by atoms with Crippen LogP contribution in [0.25, 0.3) is 16.5 Å². The molecule has 2 aromatic carbocycles. The quantitative estimate of drug-likeness (QED) is 0.481. The van der Waals surface area contributed by atoms with Crippen molar-refractivity contribution in [3.05, 3.63) is 46.7 Å². The second kappa shape index (κ2) is 8.28. The molecule has 29 heavy (non-hydrogen) atoms. The number of aromatic nitrogens is 3. The number of ketones is 1.